The zero-order valence-electron chi connectivity index (χ0n) is 19.9. The van der Waals surface area contributed by atoms with Gasteiger partial charge in [-0.25, -0.2) is 4.39 Å². The minimum absolute atomic E-state index is 0.0432. The number of carbonyl (C=O) groups is 1. The van der Waals surface area contributed by atoms with Crippen molar-refractivity contribution in [3.8, 4) is 6.07 Å². The number of nitriles is 1. The first-order valence-electron chi connectivity index (χ1n) is 12.2. The van der Waals surface area contributed by atoms with Crippen LogP contribution < -0.4 is 4.90 Å². The lowest BCUT2D eigenvalue weighted by Gasteiger charge is -2.40. The van der Waals surface area contributed by atoms with E-state index in [1.807, 2.05) is 47.0 Å². The first-order valence-corrected chi connectivity index (χ1v) is 13.5. The molecular weight excluding hydrogens is 459 g/mol. The van der Waals surface area contributed by atoms with Gasteiger partial charge in [-0.2, -0.15) is 17.0 Å². The largest absolute Gasteiger partial charge is 0.370 e. The number of rotatable bonds is 4. The Hall–Kier alpha value is -3.11. The molecule has 180 valence electrons. The molecule has 3 aromatic rings. The number of benzene rings is 2. The lowest BCUT2D eigenvalue weighted by Crippen LogP contribution is -2.44. The van der Waals surface area contributed by atoms with E-state index in [0.29, 0.717) is 47.6 Å². The van der Waals surface area contributed by atoms with Gasteiger partial charge < -0.3 is 9.80 Å². The molecule has 0 aliphatic carbocycles. The van der Waals surface area contributed by atoms with Crippen LogP contribution in [0.4, 0.5) is 10.1 Å². The molecule has 1 aromatic heterocycles. The molecule has 0 saturated carbocycles. The van der Waals surface area contributed by atoms with Crippen LogP contribution >= 0.6 is 11.8 Å². The predicted octanol–water partition coefficient (Wildman–Crippen LogP) is 5.40. The molecule has 5 nitrogen and oxygen atoms in total. The molecule has 2 aliphatic heterocycles. The molecule has 0 atom stereocenters. The number of thioether (sulfide) groups is 1. The number of pyridine rings is 1. The van der Waals surface area contributed by atoms with E-state index in [9.17, 15) is 14.4 Å². The van der Waals surface area contributed by atoms with Crippen molar-refractivity contribution in [2.45, 2.75) is 36.3 Å². The smallest absolute Gasteiger partial charge is 0.257 e. The fourth-order valence-electron chi connectivity index (χ4n) is 5.45. The summed E-state index contributed by atoms with van der Waals surface area (Å²) in [6.07, 6.45) is 7.00. The van der Waals surface area contributed by atoms with Crippen LogP contribution in [-0.4, -0.2) is 53.5 Å². The summed E-state index contributed by atoms with van der Waals surface area (Å²) < 4.78 is 14.4. The Bertz CT molecular complexity index is 1260. The average Bonchev–Trinajstić information content (AvgIpc) is 2.92. The number of hydrogen-bond acceptors (Lipinski definition) is 5. The van der Waals surface area contributed by atoms with Gasteiger partial charge in [-0.05, 0) is 55.7 Å². The Morgan fingerprint density at radius 1 is 1.11 bits per heavy atom. The Morgan fingerprint density at radius 3 is 2.49 bits per heavy atom. The highest BCUT2D eigenvalue weighted by atomic mass is 32.2. The van der Waals surface area contributed by atoms with E-state index in [1.54, 1.807) is 12.3 Å². The topological polar surface area (TPSA) is 60.2 Å². The highest BCUT2D eigenvalue weighted by Crippen LogP contribution is 2.40. The van der Waals surface area contributed by atoms with E-state index in [1.165, 1.54) is 12.1 Å². The second kappa shape index (κ2) is 9.87. The number of amides is 1. The van der Waals surface area contributed by atoms with Gasteiger partial charge in [0.15, 0.2) is 0 Å². The number of fused-ring (bicyclic) bond motifs is 1. The van der Waals surface area contributed by atoms with Crippen LogP contribution in [0.15, 0.2) is 54.7 Å². The van der Waals surface area contributed by atoms with Crippen LogP contribution in [0.1, 0.15) is 41.6 Å². The number of aromatic nitrogens is 1. The van der Waals surface area contributed by atoms with Crippen LogP contribution in [0.5, 0.6) is 0 Å². The SMILES string of the molecule is CSC1CCN(C(=O)c2cnc3ccc(F)cc3c2N2CCC(C#N)(c3ccccc3)CC2)CC1. The number of piperidine rings is 2. The number of nitrogens with zero attached hydrogens (tertiary/aromatic N) is 4. The maximum absolute atomic E-state index is 14.4. The lowest BCUT2D eigenvalue weighted by molar-refractivity contribution is 0.0727. The van der Waals surface area contributed by atoms with Crippen molar-refractivity contribution in [3.63, 3.8) is 0 Å². The van der Waals surface area contributed by atoms with Crippen LogP contribution in [0.3, 0.4) is 0 Å². The number of carbonyl (C=O) groups excluding carboxylic acids is 1. The minimum Gasteiger partial charge on any atom is -0.370 e. The van der Waals surface area contributed by atoms with Crippen molar-refractivity contribution in [2.75, 3.05) is 37.3 Å². The van der Waals surface area contributed by atoms with Gasteiger partial charge in [-0.15, -0.1) is 0 Å². The molecule has 2 saturated heterocycles. The van der Waals surface area contributed by atoms with Gasteiger partial charge in [0.05, 0.1) is 28.3 Å². The minimum atomic E-state index is -0.560. The van der Waals surface area contributed by atoms with Crippen molar-refractivity contribution in [1.82, 2.24) is 9.88 Å². The third-order valence-electron chi connectivity index (χ3n) is 7.57. The summed E-state index contributed by atoms with van der Waals surface area (Å²) in [7, 11) is 0. The number of halogens is 1. The summed E-state index contributed by atoms with van der Waals surface area (Å²) in [6.45, 7) is 2.65. The summed E-state index contributed by atoms with van der Waals surface area (Å²) in [4.78, 5) is 22.3. The average molecular weight is 489 g/mol. The highest BCUT2D eigenvalue weighted by Gasteiger charge is 2.38. The van der Waals surface area contributed by atoms with Crippen LogP contribution in [0, 0.1) is 17.1 Å². The fraction of sp³-hybridized carbons (Fsp3) is 0.393. The number of anilines is 1. The summed E-state index contributed by atoms with van der Waals surface area (Å²) in [5.41, 5.74) is 2.40. The molecule has 35 heavy (non-hydrogen) atoms. The van der Waals surface area contributed by atoms with Crippen molar-refractivity contribution in [1.29, 1.82) is 5.26 Å². The monoisotopic (exact) mass is 488 g/mol. The zero-order valence-corrected chi connectivity index (χ0v) is 20.7. The lowest BCUT2D eigenvalue weighted by atomic mass is 9.74. The Labute approximate surface area is 209 Å². The highest BCUT2D eigenvalue weighted by molar-refractivity contribution is 7.99. The van der Waals surface area contributed by atoms with Gasteiger partial charge in [-0.1, -0.05) is 30.3 Å². The van der Waals surface area contributed by atoms with Crippen LogP contribution in [0.2, 0.25) is 0 Å². The molecule has 0 bridgehead atoms. The van der Waals surface area contributed by atoms with Gasteiger partial charge in [-0.3, -0.25) is 9.78 Å². The molecule has 3 heterocycles. The van der Waals surface area contributed by atoms with Crippen molar-refractivity contribution >= 4 is 34.3 Å². The molecule has 0 radical (unpaired) electrons. The molecule has 1 amide bonds. The molecule has 2 aliphatic rings. The Kier molecular flexibility index (Phi) is 6.66. The third-order valence-corrected chi connectivity index (χ3v) is 8.71. The third kappa shape index (κ3) is 4.48. The summed E-state index contributed by atoms with van der Waals surface area (Å²) in [5, 5.41) is 11.4. The van der Waals surface area contributed by atoms with E-state index in [4.69, 9.17) is 0 Å². The second-order valence-corrected chi connectivity index (χ2v) is 10.6. The maximum Gasteiger partial charge on any atom is 0.257 e. The van der Waals surface area contributed by atoms with Gasteiger partial charge >= 0.3 is 0 Å². The van der Waals surface area contributed by atoms with Gasteiger partial charge in [0, 0.05) is 43.0 Å². The number of hydrogen-bond donors (Lipinski definition) is 0. The van der Waals surface area contributed by atoms with E-state index >= 15 is 0 Å². The molecule has 0 N–H and O–H groups in total. The molecule has 5 rings (SSSR count). The van der Waals surface area contributed by atoms with E-state index in [0.717, 1.165) is 37.2 Å². The van der Waals surface area contributed by atoms with Crippen molar-refractivity contribution in [2.24, 2.45) is 0 Å². The zero-order chi connectivity index (χ0) is 24.4. The van der Waals surface area contributed by atoms with Gasteiger partial charge in [0.25, 0.3) is 5.91 Å². The maximum atomic E-state index is 14.4. The van der Waals surface area contributed by atoms with E-state index < -0.39 is 5.41 Å². The Balaban J connectivity index is 1.50. The van der Waals surface area contributed by atoms with E-state index in [-0.39, 0.29) is 11.7 Å². The second-order valence-electron chi connectivity index (χ2n) is 9.46. The van der Waals surface area contributed by atoms with Crippen LogP contribution in [-0.2, 0) is 5.41 Å². The molecule has 2 fully saturated rings. The molecule has 2 aromatic carbocycles. The van der Waals surface area contributed by atoms with Crippen LogP contribution in [0.25, 0.3) is 10.9 Å². The van der Waals surface area contributed by atoms with E-state index in [2.05, 4.69) is 22.2 Å². The molecule has 0 unspecified atom stereocenters. The quantitative estimate of drug-likeness (QED) is 0.492. The first kappa shape index (κ1) is 23.6. The van der Waals surface area contributed by atoms with Gasteiger partial charge in [0.1, 0.15) is 5.82 Å². The predicted molar refractivity (Wildman–Crippen MR) is 139 cm³/mol. The molecular formula is C28H29FN4OS. The summed E-state index contributed by atoms with van der Waals surface area (Å²) in [6, 6.07) is 17.1. The Morgan fingerprint density at radius 2 is 1.83 bits per heavy atom. The summed E-state index contributed by atoms with van der Waals surface area (Å²) >= 11 is 1.86. The number of likely N-dealkylation sites (tertiary alicyclic amines) is 1. The normalized spacial score (nSPS) is 18.4. The fourth-order valence-corrected chi connectivity index (χ4v) is 6.13. The first-order chi connectivity index (χ1) is 17.0. The van der Waals surface area contributed by atoms with Crippen molar-refractivity contribution < 1.29 is 9.18 Å². The van der Waals surface area contributed by atoms with Gasteiger partial charge in [0.2, 0.25) is 0 Å². The molecule has 0 spiro atoms. The summed E-state index contributed by atoms with van der Waals surface area (Å²) in [5.74, 6) is -0.392. The van der Waals surface area contributed by atoms with Crippen molar-refractivity contribution in [3.05, 3.63) is 71.7 Å². The molecule has 7 heteroatoms. The standard InChI is InChI=1S/C28H29FN4OS/c1-35-22-9-13-33(14-10-22)27(34)24-18-31-25-8-7-21(29)17-23(25)26(24)32-15-11-28(19-30,12-16-32)20-5-3-2-4-6-20/h2-8,17-18,22H,9-16H2,1H3.